The lowest BCUT2D eigenvalue weighted by atomic mass is 10.1. The monoisotopic (exact) mass is 176 g/mol. The molecule has 0 aromatic heterocycles. The third kappa shape index (κ3) is 0.711. The highest BCUT2D eigenvalue weighted by atomic mass is 79.9. The van der Waals surface area contributed by atoms with E-state index in [9.17, 15) is 4.79 Å². The largest absolute Gasteiger partial charge is 0.299 e. The minimum absolute atomic E-state index is 0.0139. The first kappa shape index (κ1) is 6.27. The number of rotatable bonds is 1. The minimum Gasteiger partial charge on any atom is -0.299 e. The van der Waals surface area contributed by atoms with Crippen LogP contribution in [0.5, 0.6) is 0 Å². The molecule has 46 valence electrons. The van der Waals surface area contributed by atoms with Gasteiger partial charge in [-0.25, -0.2) is 0 Å². The molecular formula is C6H9BrO. The van der Waals surface area contributed by atoms with Gasteiger partial charge in [-0.15, -0.1) is 0 Å². The summed E-state index contributed by atoms with van der Waals surface area (Å²) in [5.74, 6) is 0.305. The predicted molar refractivity (Wildman–Crippen MR) is 36.1 cm³/mol. The summed E-state index contributed by atoms with van der Waals surface area (Å²) < 4.78 is 0. The molecule has 0 radical (unpaired) electrons. The maximum Gasteiger partial charge on any atom is 0.136 e. The van der Waals surface area contributed by atoms with Crippen LogP contribution in [0.15, 0.2) is 0 Å². The number of hydrogen-bond donors (Lipinski definition) is 0. The maximum atomic E-state index is 10.7. The van der Waals surface area contributed by atoms with E-state index in [4.69, 9.17) is 0 Å². The summed E-state index contributed by atoms with van der Waals surface area (Å²) in [6.07, 6.45) is 1.02. The Morgan fingerprint density at radius 3 is 2.25 bits per heavy atom. The van der Waals surface area contributed by atoms with Crippen molar-refractivity contribution in [3.05, 3.63) is 0 Å². The van der Waals surface area contributed by atoms with E-state index in [2.05, 4.69) is 15.9 Å². The second kappa shape index (κ2) is 1.56. The van der Waals surface area contributed by atoms with Gasteiger partial charge in [0.25, 0.3) is 0 Å². The number of Topliss-reactive ketones (excluding diaryl/α,β-unsaturated/α-hetero) is 1. The molecule has 1 fully saturated rings. The van der Waals surface area contributed by atoms with Crippen LogP contribution >= 0.6 is 15.9 Å². The van der Waals surface area contributed by atoms with E-state index in [0.29, 0.717) is 10.6 Å². The lowest BCUT2D eigenvalue weighted by Crippen LogP contribution is -2.08. The summed E-state index contributed by atoms with van der Waals surface area (Å²) in [7, 11) is 0. The van der Waals surface area contributed by atoms with Crippen LogP contribution in [-0.4, -0.2) is 10.6 Å². The van der Waals surface area contributed by atoms with Gasteiger partial charge in [0.05, 0.1) is 0 Å². The first-order chi connectivity index (χ1) is 3.57. The van der Waals surface area contributed by atoms with E-state index in [1.54, 1.807) is 6.92 Å². The topological polar surface area (TPSA) is 17.1 Å². The minimum atomic E-state index is -0.0139. The van der Waals surface area contributed by atoms with Crippen LogP contribution in [0.25, 0.3) is 0 Å². The molecule has 0 amide bonds. The first-order valence-electron chi connectivity index (χ1n) is 2.72. The van der Waals surface area contributed by atoms with Gasteiger partial charge in [-0.1, -0.05) is 22.9 Å². The van der Waals surface area contributed by atoms with Crippen molar-refractivity contribution in [2.75, 3.05) is 0 Å². The van der Waals surface area contributed by atoms with Gasteiger partial charge in [-0.3, -0.25) is 4.79 Å². The highest BCUT2D eigenvalue weighted by Crippen LogP contribution is 2.51. The fourth-order valence-corrected chi connectivity index (χ4v) is 1.67. The van der Waals surface area contributed by atoms with Crippen LogP contribution in [0.3, 0.4) is 0 Å². The molecule has 1 aliphatic rings. The first-order valence-corrected chi connectivity index (χ1v) is 3.64. The molecular weight excluding hydrogens is 168 g/mol. The van der Waals surface area contributed by atoms with Crippen molar-refractivity contribution in [1.82, 2.24) is 0 Å². The summed E-state index contributed by atoms with van der Waals surface area (Å²) in [5, 5.41) is 0. The van der Waals surface area contributed by atoms with Crippen molar-refractivity contribution >= 4 is 21.7 Å². The molecule has 0 aromatic carbocycles. The molecule has 1 nitrogen and oxygen atoms in total. The molecule has 0 spiro atoms. The molecule has 8 heavy (non-hydrogen) atoms. The summed E-state index contributed by atoms with van der Waals surface area (Å²) in [4.78, 5) is 11.2. The van der Waals surface area contributed by atoms with E-state index in [-0.39, 0.29) is 5.41 Å². The fraction of sp³-hybridized carbons (Fsp3) is 0.833. The number of halogens is 1. The van der Waals surface area contributed by atoms with Crippen LogP contribution in [0, 0.1) is 5.41 Å². The molecule has 0 aromatic rings. The molecule has 2 atom stereocenters. The van der Waals surface area contributed by atoms with Crippen molar-refractivity contribution < 1.29 is 4.79 Å². The van der Waals surface area contributed by atoms with Gasteiger partial charge in [0.2, 0.25) is 0 Å². The normalized spacial score (nSPS) is 44.1. The number of carbonyl (C=O) groups excluding carboxylic acids is 1. The second-order valence-electron chi connectivity index (χ2n) is 2.65. The van der Waals surface area contributed by atoms with E-state index >= 15 is 0 Å². The zero-order valence-electron chi connectivity index (χ0n) is 5.07. The molecule has 1 aliphatic carbocycles. The van der Waals surface area contributed by atoms with Gasteiger partial charge in [0.15, 0.2) is 0 Å². The SMILES string of the molecule is CC(=O)[C@@]1(C)C[C@H]1Br. The Labute approximate surface area is 57.6 Å². The Balaban J connectivity index is 2.60. The second-order valence-corrected chi connectivity index (χ2v) is 3.75. The van der Waals surface area contributed by atoms with Gasteiger partial charge in [-0.05, 0) is 13.3 Å². The molecule has 0 bridgehead atoms. The van der Waals surface area contributed by atoms with E-state index < -0.39 is 0 Å². The predicted octanol–water partition coefficient (Wildman–Crippen LogP) is 1.75. The standard InChI is InChI=1S/C6H9BrO/c1-4(8)6(2)3-5(6)7/h5H,3H2,1-2H3/t5-,6-/m1/s1. The molecule has 1 saturated carbocycles. The molecule has 0 saturated heterocycles. The smallest absolute Gasteiger partial charge is 0.136 e. The molecule has 0 aliphatic heterocycles. The van der Waals surface area contributed by atoms with Crippen molar-refractivity contribution in [3.63, 3.8) is 0 Å². The number of ketones is 1. The van der Waals surface area contributed by atoms with Crippen LogP contribution in [-0.2, 0) is 4.79 Å². The highest BCUT2D eigenvalue weighted by molar-refractivity contribution is 9.09. The summed E-state index contributed by atoms with van der Waals surface area (Å²) in [5.41, 5.74) is -0.0139. The Hall–Kier alpha value is 0.150. The molecule has 0 heterocycles. The van der Waals surface area contributed by atoms with Crippen LogP contribution < -0.4 is 0 Å². The Morgan fingerprint density at radius 1 is 1.88 bits per heavy atom. The third-order valence-corrected chi connectivity index (χ3v) is 3.27. The van der Waals surface area contributed by atoms with Crippen molar-refractivity contribution in [2.45, 2.75) is 25.1 Å². The molecule has 0 unspecified atom stereocenters. The summed E-state index contributed by atoms with van der Waals surface area (Å²) >= 11 is 3.38. The van der Waals surface area contributed by atoms with Gasteiger partial charge < -0.3 is 0 Å². The van der Waals surface area contributed by atoms with Crippen LogP contribution in [0.2, 0.25) is 0 Å². The zero-order chi connectivity index (χ0) is 6.36. The van der Waals surface area contributed by atoms with Gasteiger partial charge in [0, 0.05) is 10.2 Å². The van der Waals surface area contributed by atoms with E-state index in [1.165, 1.54) is 0 Å². The van der Waals surface area contributed by atoms with Gasteiger partial charge >= 0.3 is 0 Å². The zero-order valence-corrected chi connectivity index (χ0v) is 6.66. The lowest BCUT2D eigenvalue weighted by molar-refractivity contribution is -0.121. The van der Waals surface area contributed by atoms with E-state index in [1.807, 2.05) is 6.92 Å². The average Bonchev–Trinajstić information content (AvgIpc) is 2.17. The van der Waals surface area contributed by atoms with E-state index in [0.717, 1.165) is 6.42 Å². The fourth-order valence-electron chi connectivity index (χ4n) is 0.678. The van der Waals surface area contributed by atoms with Crippen LogP contribution in [0.1, 0.15) is 20.3 Å². The summed E-state index contributed by atoms with van der Waals surface area (Å²) in [6, 6.07) is 0. The lowest BCUT2D eigenvalue weighted by Gasteiger charge is -1.99. The Bertz CT molecular complexity index is 132. The highest BCUT2D eigenvalue weighted by Gasteiger charge is 2.52. The Morgan fingerprint density at radius 2 is 2.25 bits per heavy atom. The van der Waals surface area contributed by atoms with Crippen LogP contribution in [0.4, 0.5) is 0 Å². The van der Waals surface area contributed by atoms with Crippen molar-refractivity contribution in [2.24, 2.45) is 5.41 Å². The van der Waals surface area contributed by atoms with Gasteiger partial charge in [0.1, 0.15) is 5.78 Å². The Kier molecular flexibility index (Phi) is 1.23. The third-order valence-electron chi connectivity index (χ3n) is 1.94. The summed E-state index contributed by atoms with van der Waals surface area (Å²) in [6.45, 7) is 3.65. The average molecular weight is 177 g/mol. The molecule has 0 N–H and O–H groups in total. The maximum absolute atomic E-state index is 10.7. The molecule has 2 heteroatoms. The number of carbonyl (C=O) groups is 1. The van der Waals surface area contributed by atoms with Crippen molar-refractivity contribution in [3.8, 4) is 0 Å². The number of hydrogen-bond acceptors (Lipinski definition) is 1. The quantitative estimate of drug-likeness (QED) is 0.557. The molecule has 1 rings (SSSR count). The van der Waals surface area contributed by atoms with Gasteiger partial charge in [-0.2, -0.15) is 0 Å². The van der Waals surface area contributed by atoms with Crippen molar-refractivity contribution in [1.29, 1.82) is 0 Å². The number of alkyl halides is 1.